The summed E-state index contributed by atoms with van der Waals surface area (Å²) >= 11 is 10.8. The van der Waals surface area contributed by atoms with Crippen LogP contribution in [-0.2, 0) is 0 Å². The van der Waals surface area contributed by atoms with Crippen LogP contribution >= 0.6 is 39.3 Å². The fourth-order valence-corrected chi connectivity index (χ4v) is 3.67. The molecule has 3 rings (SSSR count). The monoisotopic (exact) mass is 461 g/mol. The molecule has 0 aliphatic rings. The van der Waals surface area contributed by atoms with E-state index in [0.717, 1.165) is 9.37 Å². The number of hydrogen-bond acceptors (Lipinski definition) is 4. The number of rotatable bonds is 5. The predicted octanol–water partition coefficient (Wildman–Crippen LogP) is 5.00. The summed E-state index contributed by atoms with van der Waals surface area (Å²) in [6, 6.07) is 15.6. The first-order chi connectivity index (χ1) is 12.9. The van der Waals surface area contributed by atoms with Crippen LogP contribution < -0.4 is 11.1 Å². The maximum Gasteiger partial charge on any atom is 0.258 e. The second-order valence-corrected chi connectivity index (χ2v) is 7.81. The lowest BCUT2D eigenvalue weighted by molar-refractivity contribution is 0.0998. The molecule has 0 unspecified atom stereocenters. The van der Waals surface area contributed by atoms with Crippen LogP contribution in [0.15, 0.2) is 75.2 Å². The maximum absolute atomic E-state index is 12.7. The van der Waals surface area contributed by atoms with Gasteiger partial charge in [0.15, 0.2) is 0 Å². The first-order valence-electron chi connectivity index (χ1n) is 7.73. The number of hydrogen-bond donors (Lipinski definition) is 2. The van der Waals surface area contributed by atoms with Gasteiger partial charge in [-0.15, -0.1) is 0 Å². The summed E-state index contributed by atoms with van der Waals surface area (Å²) in [5.74, 6) is -0.955. The third kappa shape index (κ3) is 4.88. The van der Waals surface area contributed by atoms with Crippen LogP contribution in [0.3, 0.4) is 0 Å². The van der Waals surface area contributed by atoms with Crippen LogP contribution in [0.2, 0.25) is 5.02 Å². The lowest BCUT2D eigenvalue weighted by Gasteiger charge is -2.10. The van der Waals surface area contributed by atoms with E-state index in [0.29, 0.717) is 16.3 Å². The van der Waals surface area contributed by atoms with Crippen molar-refractivity contribution in [2.45, 2.75) is 9.92 Å². The first kappa shape index (κ1) is 19.4. The molecular formula is C19H13BrClN3O2S. The normalized spacial score (nSPS) is 10.4. The molecule has 8 heteroatoms. The SMILES string of the molecule is NC(=O)c1ccc(NC(=O)c2cccnc2Sc2ccc(Br)cc2)cc1Cl. The molecule has 0 radical (unpaired) electrons. The molecule has 0 fully saturated rings. The van der Waals surface area contributed by atoms with Gasteiger partial charge in [0, 0.05) is 21.3 Å². The minimum atomic E-state index is -0.627. The molecule has 0 bridgehead atoms. The minimum absolute atomic E-state index is 0.177. The largest absolute Gasteiger partial charge is 0.366 e. The Morgan fingerprint density at radius 2 is 1.81 bits per heavy atom. The summed E-state index contributed by atoms with van der Waals surface area (Å²) in [5, 5.41) is 3.52. The van der Waals surface area contributed by atoms with Gasteiger partial charge in [-0.3, -0.25) is 9.59 Å². The molecule has 0 atom stereocenters. The van der Waals surface area contributed by atoms with Crippen LogP contribution in [0.5, 0.6) is 0 Å². The van der Waals surface area contributed by atoms with Crippen molar-refractivity contribution < 1.29 is 9.59 Å². The number of anilines is 1. The molecule has 1 aromatic heterocycles. The van der Waals surface area contributed by atoms with Crippen molar-refractivity contribution in [2.24, 2.45) is 5.73 Å². The number of carbonyl (C=O) groups is 2. The molecule has 2 amide bonds. The number of amides is 2. The summed E-state index contributed by atoms with van der Waals surface area (Å²) < 4.78 is 0.974. The summed E-state index contributed by atoms with van der Waals surface area (Å²) in [6.07, 6.45) is 1.64. The van der Waals surface area contributed by atoms with Crippen LogP contribution in [0.4, 0.5) is 5.69 Å². The first-order valence-corrected chi connectivity index (χ1v) is 9.72. The Kier molecular flexibility index (Phi) is 6.15. The van der Waals surface area contributed by atoms with E-state index in [2.05, 4.69) is 26.2 Å². The third-order valence-corrected chi connectivity index (χ3v) is 5.40. The number of nitrogens with one attached hydrogen (secondary N) is 1. The van der Waals surface area contributed by atoms with Crippen molar-refractivity contribution in [1.29, 1.82) is 0 Å². The fourth-order valence-electron chi connectivity index (χ4n) is 2.25. The smallest absolute Gasteiger partial charge is 0.258 e. The zero-order valence-corrected chi connectivity index (χ0v) is 16.9. The Morgan fingerprint density at radius 1 is 1.07 bits per heavy atom. The molecule has 136 valence electrons. The molecule has 2 aromatic carbocycles. The van der Waals surface area contributed by atoms with E-state index in [1.165, 1.54) is 23.9 Å². The van der Waals surface area contributed by atoms with Crippen molar-refractivity contribution in [1.82, 2.24) is 4.98 Å². The van der Waals surface area contributed by atoms with Gasteiger partial charge in [-0.1, -0.05) is 39.3 Å². The Labute approximate surface area is 173 Å². The number of nitrogens with two attached hydrogens (primary N) is 1. The molecule has 3 N–H and O–H groups in total. The quantitative estimate of drug-likeness (QED) is 0.559. The zero-order chi connectivity index (χ0) is 19.4. The second-order valence-electron chi connectivity index (χ2n) is 5.43. The Balaban J connectivity index is 1.82. The van der Waals surface area contributed by atoms with Crippen molar-refractivity contribution >= 4 is 56.8 Å². The van der Waals surface area contributed by atoms with Crippen LogP contribution in [0, 0.1) is 0 Å². The van der Waals surface area contributed by atoms with Crippen LogP contribution in [-0.4, -0.2) is 16.8 Å². The standard InChI is InChI=1S/C19H13BrClN3O2S/c20-11-3-6-13(7-4-11)27-19-15(2-1-9-23-19)18(26)24-12-5-8-14(17(22)25)16(21)10-12/h1-10H,(H2,22,25)(H,24,26). The van der Waals surface area contributed by atoms with Gasteiger partial charge in [0.05, 0.1) is 16.1 Å². The molecule has 0 aliphatic heterocycles. The molecule has 0 aliphatic carbocycles. The molecule has 1 heterocycles. The molecular weight excluding hydrogens is 450 g/mol. The Morgan fingerprint density at radius 3 is 2.48 bits per heavy atom. The Bertz CT molecular complexity index is 1010. The number of aromatic nitrogens is 1. The highest BCUT2D eigenvalue weighted by Gasteiger charge is 2.15. The lowest BCUT2D eigenvalue weighted by atomic mass is 10.2. The van der Waals surface area contributed by atoms with Crippen molar-refractivity contribution in [3.63, 3.8) is 0 Å². The summed E-state index contributed by atoms with van der Waals surface area (Å²) in [4.78, 5) is 29.2. The van der Waals surface area contributed by atoms with Gasteiger partial charge in [-0.05, 0) is 54.6 Å². The van der Waals surface area contributed by atoms with E-state index < -0.39 is 5.91 Å². The number of carbonyl (C=O) groups excluding carboxylic acids is 2. The fraction of sp³-hybridized carbons (Fsp3) is 0. The van der Waals surface area contributed by atoms with Gasteiger partial charge < -0.3 is 11.1 Å². The van der Waals surface area contributed by atoms with Gasteiger partial charge in [0.2, 0.25) is 5.91 Å². The third-order valence-electron chi connectivity index (χ3n) is 3.54. The van der Waals surface area contributed by atoms with E-state index in [9.17, 15) is 9.59 Å². The van der Waals surface area contributed by atoms with E-state index in [1.807, 2.05) is 24.3 Å². The van der Waals surface area contributed by atoms with Crippen LogP contribution in [0.25, 0.3) is 0 Å². The van der Waals surface area contributed by atoms with Crippen molar-refractivity contribution in [3.05, 3.63) is 81.4 Å². The molecule has 0 saturated heterocycles. The van der Waals surface area contributed by atoms with Gasteiger partial charge in [0.25, 0.3) is 5.91 Å². The highest BCUT2D eigenvalue weighted by molar-refractivity contribution is 9.10. The summed E-state index contributed by atoms with van der Waals surface area (Å²) in [7, 11) is 0. The van der Waals surface area contributed by atoms with Gasteiger partial charge >= 0.3 is 0 Å². The molecule has 0 saturated carbocycles. The van der Waals surface area contributed by atoms with Crippen LogP contribution in [0.1, 0.15) is 20.7 Å². The average molecular weight is 463 g/mol. The summed E-state index contributed by atoms with van der Waals surface area (Å²) in [5.41, 5.74) is 6.32. The summed E-state index contributed by atoms with van der Waals surface area (Å²) in [6.45, 7) is 0. The highest BCUT2D eigenvalue weighted by atomic mass is 79.9. The Hall–Kier alpha value is -2.35. The number of benzene rings is 2. The number of pyridine rings is 1. The molecule has 3 aromatic rings. The maximum atomic E-state index is 12.7. The van der Waals surface area contributed by atoms with E-state index in [4.69, 9.17) is 17.3 Å². The number of nitrogens with zero attached hydrogens (tertiary/aromatic N) is 1. The topological polar surface area (TPSA) is 85.1 Å². The average Bonchev–Trinajstić information content (AvgIpc) is 2.64. The molecule has 5 nitrogen and oxygen atoms in total. The predicted molar refractivity (Wildman–Crippen MR) is 110 cm³/mol. The highest BCUT2D eigenvalue weighted by Crippen LogP contribution is 2.30. The number of primary amides is 1. The number of halogens is 2. The second kappa shape index (κ2) is 8.56. The van der Waals surface area contributed by atoms with Crippen molar-refractivity contribution in [3.8, 4) is 0 Å². The van der Waals surface area contributed by atoms with E-state index in [1.54, 1.807) is 24.4 Å². The van der Waals surface area contributed by atoms with Crippen molar-refractivity contribution in [2.75, 3.05) is 5.32 Å². The van der Waals surface area contributed by atoms with Gasteiger partial charge in [-0.2, -0.15) is 0 Å². The zero-order valence-electron chi connectivity index (χ0n) is 13.8. The van der Waals surface area contributed by atoms with Gasteiger partial charge in [0.1, 0.15) is 5.03 Å². The lowest BCUT2D eigenvalue weighted by Crippen LogP contribution is -2.15. The minimum Gasteiger partial charge on any atom is -0.366 e. The molecule has 0 spiro atoms. The van der Waals surface area contributed by atoms with Gasteiger partial charge in [-0.25, -0.2) is 4.98 Å². The van der Waals surface area contributed by atoms with E-state index in [-0.39, 0.29) is 16.5 Å². The molecule has 27 heavy (non-hydrogen) atoms. The van der Waals surface area contributed by atoms with E-state index >= 15 is 0 Å².